The van der Waals surface area contributed by atoms with Crippen molar-refractivity contribution in [1.29, 1.82) is 0 Å². The van der Waals surface area contributed by atoms with Crippen LogP contribution in [0.1, 0.15) is 31.0 Å². The van der Waals surface area contributed by atoms with E-state index in [4.69, 9.17) is 0 Å². The van der Waals surface area contributed by atoms with Crippen LogP contribution < -0.4 is 5.32 Å². The van der Waals surface area contributed by atoms with Crippen molar-refractivity contribution in [3.8, 4) is 0 Å². The summed E-state index contributed by atoms with van der Waals surface area (Å²) in [5.41, 5.74) is 2.19. The zero-order valence-electron chi connectivity index (χ0n) is 13.1. The van der Waals surface area contributed by atoms with Crippen molar-refractivity contribution in [2.75, 3.05) is 13.1 Å². The van der Waals surface area contributed by atoms with Crippen LogP contribution in [0, 0.1) is 0 Å². The van der Waals surface area contributed by atoms with Crippen molar-refractivity contribution in [1.82, 2.24) is 20.2 Å². The lowest BCUT2D eigenvalue weighted by Gasteiger charge is -2.23. The molecular weight excluding hydrogens is 276 g/mol. The Kier molecular flexibility index (Phi) is 6.48. The van der Waals surface area contributed by atoms with Crippen LogP contribution in [0.4, 0.5) is 4.79 Å². The third kappa shape index (κ3) is 5.24. The fourth-order valence-electron chi connectivity index (χ4n) is 2.24. The van der Waals surface area contributed by atoms with Crippen molar-refractivity contribution in [2.24, 2.45) is 0 Å². The molecule has 0 aliphatic rings. The van der Waals surface area contributed by atoms with Crippen molar-refractivity contribution in [2.45, 2.75) is 32.7 Å². The summed E-state index contributed by atoms with van der Waals surface area (Å²) in [5, 5.41) is 2.99. The molecule has 1 heterocycles. The zero-order chi connectivity index (χ0) is 15.6. The van der Waals surface area contributed by atoms with E-state index < -0.39 is 0 Å². The van der Waals surface area contributed by atoms with Gasteiger partial charge >= 0.3 is 6.03 Å². The molecule has 0 aliphatic carbocycles. The van der Waals surface area contributed by atoms with E-state index in [0.717, 1.165) is 37.1 Å². The minimum absolute atomic E-state index is 0.00295. The third-order valence-corrected chi connectivity index (χ3v) is 3.51. The Labute approximate surface area is 131 Å². The number of rotatable bonds is 8. The highest BCUT2D eigenvalue weighted by molar-refractivity contribution is 5.74. The SMILES string of the molecule is CCCCN(Cc1ccccc1)C(=O)NCCc1cnc[nH]1. The number of imidazole rings is 1. The molecule has 1 aromatic heterocycles. The molecule has 0 saturated carbocycles. The van der Waals surface area contributed by atoms with Gasteiger partial charge in [0.25, 0.3) is 0 Å². The van der Waals surface area contributed by atoms with Gasteiger partial charge < -0.3 is 15.2 Å². The number of unbranched alkanes of at least 4 members (excludes halogenated alkanes) is 1. The molecule has 22 heavy (non-hydrogen) atoms. The molecule has 118 valence electrons. The zero-order valence-corrected chi connectivity index (χ0v) is 13.1. The summed E-state index contributed by atoms with van der Waals surface area (Å²) in [7, 11) is 0. The van der Waals surface area contributed by atoms with Crippen LogP contribution in [0.5, 0.6) is 0 Å². The molecule has 2 amide bonds. The van der Waals surface area contributed by atoms with Crippen molar-refractivity contribution in [3.05, 3.63) is 54.1 Å². The maximum atomic E-state index is 12.4. The third-order valence-electron chi connectivity index (χ3n) is 3.51. The van der Waals surface area contributed by atoms with Crippen LogP contribution in [0.25, 0.3) is 0 Å². The maximum absolute atomic E-state index is 12.4. The first-order valence-corrected chi connectivity index (χ1v) is 7.83. The van der Waals surface area contributed by atoms with Gasteiger partial charge in [0.2, 0.25) is 0 Å². The molecule has 0 fully saturated rings. The molecule has 0 atom stereocenters. The first kappa shape index (κ1) is 16.1. The van der Waals surface area contributed by atoms with Gasteiger partial charge in [0.1, 0.15) is 0 Å². The van der Waals surface area contributed by atoms with E-state index in [1.54, 1.807) is 12.5 Å². The molecule has 0 spiro atoms. The molecule has 5 heteroatoms. The molecule has 2 aromatic rings. The van der Waals surface area contributed by atoms with Crippen LogP contribution in [0.15, 0.2) is 42.9 Å². The molecule has 0 saturated heterocycles. The summed E-state index contributed by atoms with van der Waals surface area (Å²) in [6.07, 6.45) is 6.29. The Hall–Kier alpha value is -2.30. The minimum Gasteiger partial charge on any atom is -0.348 e. The number of hydrogen-bond donors (Lipinski definition) is 2. The Morgan fingerprint density at radius 2 is 2.14 bits per heavy atom. The Bertz CT molecular complexity index is 539. The van der Waals surface area contributed by atoms with Crippen molar-refractivity contribution < 1.29 is 4.79 Å². The van der Waals surface area contributed by atoms with Crippen LogP contribution in [0.2, 0.25) is 0 Å². The molecular formula is C17H24N4O. The van der Waals surface area contributed by atoms with E-state index >= 15 is 0 Å². The second-order valence-corrected chi connectivity index (χ2v) is 5.32. The summed E-state index contributed by atoms with van der Waals surface area (Å²) in [6.45, 7) is 4.17. The van der Waals surface area contributed by atoms with E-state index in [1.165, 1.54) is 0 Å². The summed E-state index contributed by atoms with van der Waals surface area (Å²) < 4.78 is 0. The summed E-state index contributed by atoms with van der Waals surface area (Å²) in [4.78, 5) is 21.3. The highest BCUT2D eigenvalue weighted by atomic mass is 16.2. The predicted molar refractivity (Wildman–Crippen MR) is 87.5 cm³/mol. The smallest absolute Gasteiger partial charge is 0.317 e. The highest BCUT2D eigenvalue weighted by Crippen LogP contribution is 2.06. The summed E-state index contributed by atoms with van der Waals surface area (Å²) >= 11 is 0. The lowest BCUT2D eigenvalue weighted by Crippen LogP contribution is -2.40. The number of aromatic amines is 1. The van der Waals surface area contributed by atoms with Gasteiger partial charge in [0, 0.05) is 37.9 Å². The number of aromatic nitrogens is 2. The van der Waals surface area contributed by atoms with E-state index in [0.29, 0.717) is 13.1 Å². The quantitative estimate of drug-likeness (QED) is 0.787. The monoisotopic (exact) mass is 300 g/mol. The number of hydrogen-bond acceptors (Lipinski definition) is 2. The van der Waals surface area contributed by atoms with Crippen LogP contribution in [-0.2, 0) is 13.0 Å². The van der Waals surface area contributed by atoms with Gasteiger partial charge in [-0.2, -0.15) is 0 Å². The van der Waals surface area contributed by atoms with Gasteiger partial charge in [-0.05, 0) is 12.0 Å². The number of benzene rings is 1. The highest BCUT2D eigenvalue weighted by Gasteiger charge is 2.12. The number of carbonyl (C=O) groups is 1. The molecule has 1 aromatic carbocycles. The Morgan fingerprint density at radius 1 is 1.32 bits per heavy atom. The van der Waals surface area contributed by atoms with Gasteiger partial charge in [-0.3, -0.25) is 0 Å². The Morgan fingerprint density at radius 3 is 2.82 bits per heavy atom. The first-order valence-electron chi connectivity index (χ1n) is 7.83. The van der Waals surface area contributed by atoms with Crippen molar-refractivity contribution in [3.63, 3.8) is 0 Å². The number of H-pyrrole nitrogens is 1. The lowest BCUT2D eigenvalue weighted by atomic mass is 10.2. The first-order chi connectivity index (χ1) is 10.8. The van der Waals surface area contributed by atoms with Crippen LogP contribution in [-0.4, -0.2) is 34.0 Å². The molecule has 2 rings (SSSR count). The summed E-state index contributed by atoms with van der Waals surface area (Å²) in [5.74, 6) is 0. The second-order valence-electron chi connectivity index (χ2n) is 5.32. The van der Waals surface area contributed by atoms with E-state index in [-0.39, 0.29) is 6.03 Å². The number of carbonyl (C=O) groups excluding carboxylic acids is 1. The number of urea groups is 1. The molecule has 0 radical (unpaired) electrons. The number of amides is 2. The standard InChI is InChI=1S/C17H24N4O/c1-2-3-11-21(13-15-7-5-4-6-8-15)17(22)19-10-9-16-12-18-14-20-16/h4-8,12,14H,2-3,9-11,13H2,1H3,(H,18,20)(H,19,22). The second kappa shape index (κ2) is 8.87. The van der Waals surface area contributed by atoms with Gasteiger partial charge in [-0.1, -0.05) is 43.7 Å². The fraction of sp³-hybridized carbons (Fsp3) is 0.412. The average Bonchev–Trinajstić information content (AvgIpc) is 3.05. The topological polar surface area (TPSA) is 61.0 Å². The van der Waals surface area contributed by atoms with E-state index in [9.17, 15) is 4.79 Å². The van der Waals surface area contributed by atoms with Crippen LogP contribution in [0.3, 0.4) is 0 Å². The Balaban J connectivity index is 1.85. The number of nitrogens with zero attached hydrogens (tertiary/aromatic N) is 2. The van der Waals surface area contributed by atoms with Crippen molar-refractivity contribution >= 4 is 6.03 Å². The van der Waals surface area contributed by atoms with Gasteiger partial charge in [0.05, 0.1) is 6.33 Å². The van der Waals surface area contributed by atoms with Gasteiger partial charge in [0.15, 0.2) is 0 Å². The van der Waals surface area contributed by atoms with Crippen LogP contribution >= 0.6 is 0 Å². The maximum Gasteiger partial charge on any atom is 0.317 e. The predicted octanol–water partition coefficient (Wildman–Crippen LogP) is 2.96. The molecule has 2 N–H and O–H groups in total. The number of nitrogens with one attached hydrogen (secondary N) is 2. The molecule has 5 nitrogen and oxygen atoms in total. The lowest BCUT2D eigenvalue weighted by molar-refractivity contribution is 0.194. The summed E-state index contributed by atoms with van der Waals surface area (Å²) in [6, 6.07) is 10.1. The van der Waals surface area contributed by atoms with Gasteiger partial charge in [-0.15, -0.1) is 0 Å². The molecule has 0 bridgehead atoms. The largest absolute Gasteiger partial charge is 0.348 e. The average molecular weight is 300 g/mol. The molecule has 0 unspecified atom stereocenters. The molecule has 0 aliphatic heterocycles. The normalized spacial score (nSPS) is 10.4. The van der Waals surface area contributed by atoms with E-state index in [2.05, 4.69) is 34.3 Å². The fourth-order valence-corrected chi connectivity index (χ4v) is 2.24. The van der Waals surface area contributed by atoms with Gasteiger partial charge in [-0.25, -0.2) is 9.78 Å². The van der Waals surface area contributed by atoms with E-state index in [1.807, 2.05) is 23.1 Å². The minimum atomic E-state index is -0.00295.